The van der Waals surface area contributed by atoms with E-state index in [1.54, 1.807) is 0 Å². The summed E-state index contributed by atoms with van der Waals surface area (Å²) in [5, 5.41) is 6.92. The minimum atomic E-state index is 0.824. The molecular weight excluding hydrogens is 1530 g/mol. The third-order valence-electron chi connectivity index (χ3n) is 21.2. The highest BCUT2D eigenvalue weighted by molar-refractivity contribution is 9.10. The molecule has 115 heavy (non-hydrogen) atoms. The van der Waals surface area contributed by atoms with E-state index in [2.05, 4.69) is 472 Å². The summed E-state index contributed by atoms with van der Waals surface area (Å²) in [6.07, 6.45) is 0.962. The first-order valence-electron chi connectivity index (χ1n) is 38.7. The van der Waals surface area contributed by atoms with Gasteiger partial charge in [0.1, 0.15) is 22.7 Å². The minimum Gasteiger partial charge on any atom is -0.456 e. The van der Waals surface area contributed by atoms with Crippen LogP contribution in [0.4, 0.5) is 34.1 Å². The molecule has 0 aliphatic heterocycles. The fourth-order valence-corrected chi connectivity index (χ4v) is 15.8. The van der Waals surface area contributed by atoms with Gasteiger partial charge < -0.3 is 18.6 Å². The molecule has 2 aromatic heterocycles. The van der Waals surface area contributed by atoms with Gasteiger partial charge in [0.2, 0.25) is 0 Å². The maximum absolute atomic E-state index is 6.70. The quantitative estimate of drug-likeness (QED) is 0.0965. The summed E-state index contributed by atoms with van der Waals surface area (Å²) in [4.78, 5) is 4.66. The van der Waals surface area contributed by atoms with Crippen LogP contribution in [0.2, 0.25) is 0 Å². The summed E-state index contributed by atoms with van der Waals surface area (Å²) in [5.74, 6) is 1.72. The lowest BCUT2D eigenvalue weighted by molar-refractivity contribution is 0.631. The van der Waals surface area contributed by atoms with E-state index in [0.717, 1.165) is 105 Å². The van der Waals surface area contributed by atoms with Crippen molar-refractivity contribution >= 4 is 109 Å². The highest BCUT2D eigenvalue weighted by Gasteiger charge is 2.20. The van der Waals surface area contributed by atoms with E-state index in [1.807, 2.05) is 18.2 Å². The van der Waals surface area contributed by atoms with Crippen molar-refractivity contribution in [1.29, 1.82) is 0 Å². The predicted octanol–water partition coefficient (Wildman–Crippen LogP) is 32.3. The number of furan rings is 2. The Kier molecular flexibility index (Phi) is 21.2. The van der Waals surface area contributed by atoms with Gasteiger partial charge in [0.15, 0.2) is 0 Å². The van der Waals surface area contributed by atoms with Crippen LogP contribution in [0.5, 0.6) is 0 Å². The largest absolute Gasteiger partial charge is 0.456 e. The maximum atomic E-state index is 6.70. The Hall–Kier alpha value is -13.9. The van der Waals surface area contributed by atoms with Gasteiger partial charge in [-0.2, -0.15) is 0 Å². The zero-order valence-electron chi connectivity index (χ0n) is 62.9. The molecule has 0 bridgehead atoms. The highest BCUT2D eigenvalue weighted by Crippen LogP contribution is 2.44. The van der Waals surface area contributed by atoms with Gasteiger partial charge in [0, 0.05) is 65.0 Å². The topological polar surface area (TPSA) is 32.8 Å². The monoisotopic (exact) mass is 1600 g/mol. The fourth-order valence-electron chi connectivity index (χ4n) is 15.2. The van der Waals surface area contributed by atoms with Crippen molar-refractivity contribution < 1.29 is 8.83 Å². The third-order valence-corrected chi connectivity index (χ3v) is 22.3. The van der Waals surface area contributed by atoms with Crippen LogP contribution in [0.25, 0.3) is 133 Å². The average Bonchev–Trinajstić information content (AvgIpc) is 1.69. The molecule has 20 aromatic rings. The van der Waals surface area contributed by atoms with Crippen molar-refractivity contribution in [3.63, 3.8) is 0 Å². The fraction of sp³-hybridized carbons (Fsp3) is 0.00917. The first-order chi connectivity index (χ1) is 56.8. The molecule has 0 unspecified atom stereocenters. The van der Waals surface area contributed by atoms with Gasteiger partial charge in [-0.25, -0.2) is 0 Å². The minimum absolute atomic E-state index is 0.824. The summed E-state index contributed by atoms with van der Waals surface area (Å²) in [6.45, 7) is 0. The maximum Gasteiger partial charge on any atom is 0.135 e. The number of benzene rings is 18. The number of nitrogens with zero attached hydrogens (tertiary/aromatic N) is 2. The molecule has 0 saturated carbocycles. The van der Waals surface area contributed by atoms with Crippen LogP contribution in [0.3, 0.4) is 0 Å². The first-order valence-corrected chi connectivity index (χ1v) is 40.3. The SMILES string of the molecule is Brc1ccc(-c2cc3c(ccc4ccc(Br)cc43)o2)cc1.c1ccc(-c2ccc(Cc3ccc(-c4ccccc4)cc3)cc2)cc1.c1ccc(-c2ccc(N(c3ccc(-c4ccccc4)cc3)c3ccc(-c4cc5c(ccc6ccc(N(c7ccc(-c8ccccc8)cc7)c7ccc(-c8ccccc8)cc7)cc65)o4)cc3)cc2)cc1. The molecule has 20 rings (SSSR count). The van der Waals surface area contributed by atoms with Crippen LogP contribution >= 0.6 is 31.9 Å². The van der Waals surface area contributed by atoms with Gasteiger partial charge in [-0.1, -0.05) is 347 Å². The number of anilines is 6. The van der Waals surface area contributed by atoms with Crippen molar-refractivity contribution in [3.05, 3.63) is 469 Å². The molecule has 6 heteroatoms. The second kappa shape index (κ2) is 33.6. The van der Waals surface area contributed by atoms with Crippen LogP contribution in [0, 0.1) is 0 Å². The van der Waals surface area contributed by atoms with Crippen molar-refractivity contribution in [2.75, 3.05) is 9.80 Å². The van der Waals surface area contributed by atoms with E-state index in [9.17, 15) is 0 Å². The number of fused-ring (bicyclic) bond motifs is 6. The molecule has 0 atom stereocenters. The first kappa shape index (κ1) is 72.6. The van der Waals surface area contributed by atoms with Gasteiger partial charge in [-0.15, -0.1) is 0 Å². The number of rotatable bonds is 16. The van der Waals surface area contributed by atoms with E-state index in [0.29, 0.717) is 0 Å². The van der Waals surface area contributed by atoms with E-state index in [-0.39, 0.29) is 0 Å². The molecule has 0 fully saturated rings. The smallest absolute Gasteiger partial charge is 0.135 e. The van der Waals surface area contributed by atoms with E-state index in [4.69, 9.17) is 8.83 Å². The lowest BCUT2D eigenvalue weighted by atomic mass is 9.98. The zero-order chi connectivity index (χ0) is 77.2. The van der Waals surface area contributed by atoms with Crippen LogP contribution in [0.1, 0.15) is 11.1 Å². The normalized spacial score (nSPS) is 11.1. The molecule has 2 heterocycles. The Balaban J connectivity index is 0.000000160. The molecule has 0 spiro atoms. The van der Waals surface area contributed by atoms with Crippen LogP contribution < -0.4 is 9.80 Å². The van der Waals surface area contributed by atoms with E-state index in [1.165, 1.54) is 88.7 Å². The Morgan fingerprint density at radius 1 is 0.183 bits per heavy atom. The number of hydrogen-bond acceptors (Lipinski definition) is 4. The Bertz CT molecular complexity index is 6400. The van der Waals surface area contributed by atoms with Crippen molar-refractivity contribution in [3.8, 4) is 89.4 Å². The molecule has 0 N–H and O–H groups in total. The summed E-state index contributed by atoms with van der Waals surface area (Å²) in [6, 6.07) is 159. The average molecular weight is 1610 g/mol. The molecule has 0 amide bonds. The standard InChI is InChI=1S/C66H46N2O.C25H20.C18H10Br2O/c1-5-13-47(14-6-1)51-21-33-57(34-22-51)67(58-35-23-52(24-36-58)48-15-7-2-8-16-48)59-41-30-56(31-42-59)66-46-64-63-45-62(43-29-55(63)32-44-65(64)69-66)68(60-37-25-53(26-38-60)49-17-9-3-10-18-49)61-39-27-54(28-40-61)50-19-11-4-12-20-50;1-3-7-22(8-4-1)24-15-11-20(12-16-24)19-21-13-17-25(18-14-21)23-9-5-2-6-10-23;19-13-5-2-12(3-6-13)18-10-16-15-9-14(20)7-1-11(15)4-8-17(16)21-18/h1-46H;1-18H,19H2;1-10H. The second-order valence-corrected chi connectivity index (χ2v) is 30.5. The second-order valence-electron chi connectivity index (χ2n) is 28.6. The lowest BCUT2D eigenvalue weighted by Gasteiger charge is -2.26. The Labute approximate surface area is 687 Å². The van der Waals surface area contributed by atoms with Gasteiger partial charge in [-0.05, 0) is 239 Å². The van der Waals surface area contributed by atoms with E-state index < -0.39 is 0 Å². The Morgan fingerprint density at radius 3 is 0.739 bits per heavy atom. The van der Waals surface area contributed by atoms with Crippen LogP contribution in [-0.2, 0) is 6.42 Å². The van der Waals surface area contributed by atoms with Gasteiger partial charge in [-0.3, -0.25) is 0 Å². The summed E-state index contributed by atoms with van der Waals surface area (Å²) >= 11 is 7.00. The Morgan fingerprint density at radius 2 is 0.417 bits per heavy atom. The van der Waals surface area contributed by atoms with Crippen LogP contribution in [-0.4, -0.2) is 0 Å². The van der Waals surface area contributed by atoms with Gasteiger partial charge in [0.05, 0.1) is 0 Å². The molecule has 0 saturated heterocycles. The van der Waals surface area contributed by atoms with Crippen molar-refractivity contribution in [2.45, 2.75) is 6.42 Å². The lowest BCUT2D eigenvalue weighted by Crippen LogP contribution is -2.09. The van der Waals surface area contributed by atoms with Crippen LogP contribution in [0.15, 0.2) is 467 Å². The molecule has 548 valence electrons. The highest BCUT2D eigenvalue weighted by atomic mass is 79.9. The third kappa shape index (κ3) is 16.4. The molecule has 0 aliphatic carbocycles. The summed E-state index contributed by atoms with van der Waals surface area (Å²) in [5.41, 5.74) is 27.5. The van der Waals surface area contributed by atoms with Crippen molar-refractivity contribution in [2.24, 2.45) is 0 Å². The predicted molar refractivity (Wildman–Crippen MR) is 491 cm³/mol. The van der Waals surface area contributed by atoms with Gasteiger partial charge >= 0.3 is 0 Å². The number of halogens is 2. The molecule has 0 aliphatic rings. The van der Waals surface area contributed by atoms with Crippen molar-refractivity contribution in [1.82, 2.24) is 0 Å². The zero-order valence-corrected chi connectivity index (χ0v) is 66.1. The molecule has 4 nitrogen and oxygen atoms in total. The molecule has 18 aromatic carbocycles. The molecule has 0 radical (unpaired) electrons. The van der Waals surface area contributed by atoms with E-state index >= 15 is 0 Å². The van der Waals surface area contributed by atoms with Gasteiger partial charge in [0.25, 0.3) is 0 Å². The summed E-state index contributed by atoms with van der Waals surface area (Å²) < 4.78 is 14.9. The molecular formula is C109H76Br2N2O2. The number of hydrogen-bond donors (Lipinski definition) is 0. The summed E-state index contributed by atoms with van der Waals surface area (Å²) in [7, 11) is 0.